The number of nitrogens with one attached hydrogen (secondary N) is 1. The molecule has 0 unspecified atom stereocenters. The van der Waals surface area contributed by atoms with Gasteiger partial charge in [-0.25, -0.2) is 0 Å². The second kappa shape index (κ2) is 4.54. The van der Waals surface area contributed by atoms with E-state index in [4.69, 9.17) is 4.74 Å². The van der Waals surface area contributed by atoms with Gasteiger partial charge in [-0.2, -0.15) is 13.2 Å². The number of benzene rings is 1. The summed E-state index contributed by atoms with van der Waals surface area (Å²) < 4.78 is 41.5. The summed E-state index contributed by atoms with van der Waals surface area (Å²) in [5.74, 6) is 0.0617. The number of fused-ring (bicyclic) bond motifs is 2. The van der Waals surface area contributed by atoms with Crippen LogP contribution in [0, 0.1) is 0 Å². The van der Waals surface area contributed by atoms with E-state index in [2.05, 4.69) is 4.98 Å². The molecule has 0 aliphatic heterocycles. The van der Waals surface area contributed by atoms with Crippen molar-refractivity contribution in [2.45, 2.75) is 25.4 Å². The van der Waals surface area contributed by atoms with Gasteiger partial charge in [-0.05, 0) is 31.4 Å². The molecule has 1 aromatic carbocycles. The Morgan fingerprint density at radius 3 is 2.80 bits per heavy atom. The largest absolute Gasteiger partial charge is 0.482 e. The molecule has 1 aliphatic rings. The van der Waals surface area contributed by atoms with Crippen molar-refractivity contribution in [3.05, 3.63) is 39.7 Å². The Hall–Kier alpha value is -1.98. The number of pyridine rings is 1. The number of halogens is 3. The maximum atomic E-state index is 12.3. The van der Waals surface area contributed by atoms with Gasteiger partial charge in [-0.3, -0.25) is 4.79 Å². The average Bonchev–Trinajstić information content (AvgIpc) is 2.84. The molecule has 1 aromatic heterocycles. The van der Waals surface area contributed by atoms with Gasteiger partial charge in [0.15, 0.2) is 12.0 Å². The van der Waals surface area contributed by atoms with Gasteiger partial charge in [-0.15, -0.1) is 0 Å². The zero-order valence-electron chi connectivity index (χ0n) is 10.5. The fraction of sp³-hybridized carbons (Fsp3) is 0.357. The van der Waals surface area contributed by atoms with Crippen LogP contribution in [0.4, 0.5) is 13.2 Å². The number of H-pyrrole nitrogens is 1. The summed E-state index contributed by atoms with van der Waals surface area (Å²) in [6, 6.07) is 4.57. The predicted octanol–water partition coefficient (Wildman–Crippen LogP) is 2.96. The number of hydrogen-bond donors (Lipinski definition) is 1. The number of aryl methyl sites for hydroxylation is 1. The summed E-state index contributed by atoms with van der Waals surface area (Å²) in [6.45, 7) is -1.37. The van der Waals surface area contributed by atoms with E-state index in [-0.39, 0.29) is 11.2 Å². The Morgan fingerprint density at radius 2 is 2.05 bits per heavy atom. The van der Waals surface area contributed by atoms with Gasteiger partial charge in [-0.1, -0.05) is 6.07 Å². The van der Waals surface area contributed by atoms with Crippen LogP contribution >= 0.6 is 0 Å². The second-order valence-corrected chi connectivity index (χ2v) is 4.85. The minimum Gasteiger partial charge on any atom is -0.482 e. The van der Waals surface area contributed by atoms with Crippen molar-refractivity contribution in [1.82, 2.24) is 4.98 Å². The summed E-state index contributed by atoms with van der Waals surface area (Å²) >= 11 is 0. The highest BCUT2D eigenvalue weighted by Gasteiger charge is 2.29. The minimum absolute atomic E-state index is 0.0617. The van der Waals surface area contributed by atoms with Crippen LogP contribution in [0.2, 0.25) is 0 Å². The molecule has 0 saturated carbocycles. The Kier molecular flexibility index (Phi) is 2.96. The molecule has 3 nitrogen and oxygen atoms in total. The lowest BCUT2D eigenvalue weighted by atomic mass is 10.1. The first-order valence-corrected chi connectivity index (χ1v) is 6.32. The number of rotatable bonds is 2. The first-order chi connectivity index (χ1) is 9.46. The van der Waals surface area contributed by atoms with Gasteiger partial charge >= 0.3 is 6.18 Å². The SMILES string of the molecule is O=c1c2c([nH]c3c(OCC(F)(F)F)cccc13)CCC2. The zero-order valence-corrected chi connectivity index (χ0v) is 10.5. The van der Waals surface area contributed by atoms with Gasteiger partial charge in [0.2, 0.25) is 0 Å². The molecule has 0 radical (unpaired) electrons. The van der Waals surface area contributed by atoms with Gasteiger partial charge in [0.25, 0.3) is 0 Å². The summed E-state index contributed by atoms with van der Waals surface area (Å²) in [6.07, 6.45) is -2.06. The third kappa shape index (κ3) is 2.26. The molecule has 0 amide bonds. The van der Waals surface area contributed by atoms with Gasteiger partial charge in [0.05, 0.1) is 5.52 Å². The van der Waals surface area contributed by atoms with Crippen LogP contribution in [0.15, 0.2) is 23.0 Å². The number of aromatic amines is 1. The van der Waals surface area contributed by atoms with E-state index in [9.17, 15) is 18.0 Å². The normalized spacial score (nSPS) is 14.6. The van der Waals surface area contributed by atoms with Crippen molar-refractivity contribution < 1.29 is 17.9 Å². The lowest BCUT2D eigenvalue weighted by Gasteiger charge is -2.12. The number of aromatic nitrogens is 1. The quantitative estimate of drug-likeness (QED) is 0.920. The maximum Gasteiger partial charge on any atom is 0.422 e. The third-order valence-electron chi connectivity index (χ3n) is 3.43. The molecule has 1 N–H and O–H groups in total. The Morgan fingerprint density at radius 1 is 1.25 bits per heavy atom. The summed E-state index contributed by atoms with van der Waals surface area (Å²) in [5.41, 5.74) is 1.79. The average molecular weight is 283 g/mol. The minimum atomic E-state index is -4.40. The van der Waals surface area contributed by atoms with Crippen LogP contribution in [0.3, 0.4) is 0 Å². The molecule has 1 heterocycles. The van der Waals surface area contributed by atoms with Gasteiger partial charge < -0.3 is 9.72 Å². The number of ether oxygens (including phenoxy) is 1. The lowest BCUT2D eigenvalue weighted by molar-refractivity contribution is -0.153. The molecule has 3 rings (SSSR count). The molecular formula is C14H12F3NO2. The molecule has 0 bridgehead atoms. The molecule has 0 fully saturated rings. The fourth-order valence-electron chi connectivity index (χ4n) is 2.57. The van der Waals surface area contributed by atoms with E-state index in [1.807, 2.05) is 0 Å². The number of alkyl halides is 3. The van der Waals surface area contributed by atoms with E-state index in [0.29, 0.717) is 17.3 Å². The lowest BCUT2D eigenvalue weighted by Crippen LogP contribution is -2.20. The predicted molar refractivity (Wildman–Crippen MR) is 68.1 cm³/mol. The van der Waals surface area contributed by atoms with Crippen molar-refractivity contribution in [2.75, 3.05) is 6.61 Å². The van der Waals surface area contributed by atoms with Crippen LogP contribution in [-0.4, -0.2) is 17.8 Å². The second-order valence-electron chi connectivity index (χ2n) is 4.85. The smallest absolute Gasteiger partial charge is 0.422 e. The number of para-hydroxylation sites is 1. The zero-order chi connectivity index (χ0) is 14.3. The van der Waals surface area contributed by atoms with Crippen LogP contribution < -0.4 is 10.2 Å². The molecule has 0 atom stereocenters. The van der Waals surface area contributed by atoms with Gasteiger partial charge in [0.1, 0.15) is 5.75 Å². The van der Waals surface area contributed by atoms with Crippen molar-refractivity contribution >= 4 is 10.9 Å². The van der Waals surface area contributed by atoms with Gasteiger partial charge in [0, 0.05) is 16.6 Å². The summed E-state index contributed by atoms with van der Waals surface area (Å²) in [7, 11) is 0. The molecule has 1 aliphatic carbocycles. The molecule has 6 heteroatoms. The first kappa shape index (κ1) is 13.0. The topological polar surface area (TPSA) is 42.1 Å². The molecule has 2 aromatic rings. The standard InChI is InChI=1S/C14H12F3NO2/c15-14(16,17)7-20-11-6-2-4-9-12(11)18-10-5-1-3-8(10)13(9)19/h2,4,6H,1,3,5,7H2,(H,18,19). The van der Waals surface area contributed by atoms with Crippen molar-refractivity contribution in [3.63, 3.8) is 0 Å². The Bertz CT molecular complexity index is 719. The maximum absolute atomic E-state index is 12.3. The molecule has 20 heavy (non-hydrogen) atoms. The van der Waals surface area contributed by atoms with Crippen LogP contribution in [0.25, 0.3) is 10.9 Å². The van der Waals surface area contributed by atoms with Crippen LogP contribution in [0.5, 0.6) is 5.75 Å². The van der Waals surface area contributed by atoms with E-state index >= 15 is 0 Å². The molecular weight excluding hydrogens is 271 g/mol. The fourth-order valence-corrected chi connectivity index (χ4v) is 2.57. The Labute approximate surface area is 112 Å². The monoisotopic (exact) mass is 283 g/mol. The Balaban J connectivity index is 2.10. The van der Waals surface area contributed by atoms with Crippen molar-refractivity contribution in [2.24, 2.45) is 0 Å². The summed E-state index contributed by atoms with van der Waals surface area (Å²) in [5, 5.41) is 0.380. The van der Waals surface area contributed by atoms with E-state index in [0.717, 1.165) is 24.1 Å². The molecule has 0 saturated heterocycles. The highest BCUT2D eigenvalue weighted by Crippen LogP contribution is 2.27. The number of hydrogen-bond acceptors (Lipinski definition) is 2. The highest BCUT2D eigenvalue weighted by atomic mass is 19.4. The van der Waals surface area contributed by atoms with Crippen molar-refractivity contribution in [1.29, 1.82) is 0 Å². The summed E-state index contributed by atoms with van der Waals surface area (Å²) in [4.78, 5) is 15.3. The van der Waals surface area contributed by atoms with Crippen LogP contribution in [-0.2, 0) is 12.8 Å². The van der Waals surface area contributed by atoms with E-state index < -0.39 is 12.8 Å². The third-order valence-corrected chi connectivity index (χ3v) is 3.43. The molecule has 106 valence electrons. The van der Waals surface area contributed by atoms with E-state index in [1.165, 1.54) is 12.1 Å². The van der Waals surface area contributed by atoms with Crippen molar-refractivity contribution in [3.8, 4) is 5.75 Å². The van der Waals surface area contributed by atoms with E-state index in [1.54, 1.807) is 6.07 Å². The highest BCUT2D eigenvalue weighted by molar-refractivity contribution is 5.85. The molecule has 0 spiro atoms. The first-order valence-electron chi connectivity index (χ1n) is 6.32. The van der Waals surface area contributed by atoms with Crippen LogP contribution in [0.1, 0.15) is 17.7 Å².